The van der Waals surface area contributed by atoms with Gasteiger partial charge in [-0.05, 0) is 55.3 Å². The van der Waals surface area contributed by atoms with Crippen LogP contribution >= 0.6 is 0 Å². The van der Waals surface area contributed by atoms with Crippen molar-refractivity contribution < 1.29 is 28.9 Å². The number of nitrogens with zero attached hydrogens (tertiary/aromatic N) is 2. The summed E-state index contributed by atoms with van der Waals surface area (Å²) in [6.07, 6.45) is 0.885. The van der Waals surface area contributed by atoms with Crippen molar-refractivity contribution in [2.24, 2.45) is 0 Å². The lowest BCUT2D eigenvalue weighted by Crippen LogP contribution is -2.42. The van der Waals surface area contributed by atoms with Crippen LogP contribution < -0.4 is 9.47 Å². The molecule has 1 atom stereocenters. The summed E-state index contributed by atoms with van der Waals surface area (Å²) in [5, 5.41) is 11.3. The van der Waals surface area contributed by atoms with Crippen molar-refractivity contribution in [2.45, 2.75) is 26.3 Å². The van der Waals surface area contributed by atoms with E-state index >= 15 is 0 Å². The average molecular weight is 495 g/mol. The fourth-order valence-corrected chi connectivity index (χ4v) is 4.56. The molecule has 1 N–H and O–H groups in total. The van der Waals surface area contributed by atoms with Crippen molar-refractivity contribution in [1.29, 1.82) is 0 Å². The highest BCUT2D eigenvalue weighted by Gasteiger charge is 2.46. The Morgan fingerprint density at radius 3 is 2.44 bits per heavy atom. The summed E-state index contributed by atoms with van der Waals surface area (Å²) in [7, 11) is 0. The summed E-state index contributed by atoms with van der Waals surface area (Å²) in [6.45, 7) is 8.84. The molecule has 2 aliphatic heterocycles. The second-order valence-electron chi connectivity index (χ2n) is 8.82. The molecule has 192 valence electrons. The smallest absolute Gasteiger partial charge is 0.295 e. The van der Waals surface area contributed by atoms with Crippen molar-refractivity contribution in [3.05, 3.63) is 65.2 Å². The first kappa shape index (κ1) is 25.7. The normalized spacial score (nSPS) is 20.1. The highest BCUT2D eigenvalue weighted by molar-refractivity contribution is 6.46. The van der Waals surface area contributed by atoms with E-state index in [1.165, 1.54) is 0 Å². The van der Waals surface area contributed by atoms with Gasteiger partial charge >= 0.3 is 0 Å². The minimum Gasteiger partial charge on any atom is -0.507 e. The number of ketones is 1. The number of amides is 1. The molecule has 2 aromatic rings. The third kappa shape index (κ3) is 5.71. The first-order valence-corrected chi connectivity index (χ1v) is 12.6. The maximum absolute atomic E-state index is 13.3. The van der Waals surface area contributed by atoms with E-state index in [4.69, 9.17) is 14.2 Å². The van der Waals surface area contributed by atoms with Crippen LogP contribution in [-0.4, -0.2) is 79.2 Å². The minimum absolute atomic E-state index is 0.0813. The lowest BCUT2D eigenvalue weighted by Gasteiger charge is -2.31. The number of hydrogen-bond acceptors (Lipinski definition) is 7. The summed E-state index contributed by atoms with van der Waals surface area (Å²) in [5.74, 6) is -0.172. The number of aliphatic hydroxyl groups excluding tert-OH is 1. The van der Waals surface area contributed by atoms with Crippen LogP contribution in [0.25, 0.3) is 5.76 Å². The number of rotatable bonds is 10. The van der Waals surface area contributed by atoms with Gasteiger partial charge < -0.3 is 24.2 Å². The fraction of sp³-hybridized carbons (Fsp3) is 0.429. The van der Waals surface area contributed by atoms with Gasteiger partial charge in [0.2, 0.25) is 0 Å². The lowest BCUT2D eigenvalue weighted by atomic mass is 9.95. The largest absolute Gasteiger partial charge is 0.507 e. The Bertz CT molecular complexity index is 1090. The molecule has 4 rings (SSSR count). The Morgan fingerprint density at radius 1 is 1.00 bits per heavy atom. The molecule has 1 unspecified atom stereocenters. The average Bonchev–Trinajstić information content (AvgIpc) is 3.16. The summed E-state index contributed by atoms with van der Waals surface area (Å²) >= 11 is 0. The van der Waals surface area contributed by atoms with Gasteiger partial charge in [0.1, 0.15) is 17.3 Å². The Hall–Kier alpha value is -3.36. The molecule has 2 fully saturated rings. The Morgan fingerprint density at radius 2 is 1.75 bits per heavy atom. The number of carbonyl (C=O) groups excluding carboxylic acids is 2. The van der Waals surface area contributed by atoms with Gasteiger partial charge in [-0.3, -0.25) is 14.5 Å². The highest BCUT2D eigenvalue weighted by atomic mass is 16.5. The van der Waals surface area contributed by atoms with Crippen LogP contribution in [0.2, 0.25) is 0 Å². The molecule has 8 heteroatoms. The number of hydrogen-bond donors (Lipinski definition) is 1. The summed E-state index contributed by atoms with van der Waals surface area (Å²) < 4.78 is 16.7. The molecule has 0 bridgehead atoms. The van der Waals surface area contributed by atoms with Crippen molar-refractivity contribution in [2.75, 3.05) is 52.6 Å². The first-order valence-electron chi connectivity index (χ1n) is 12.6. The van der Waals surface area contributed by atoms with Gasteiger partial charge in [-0.2, -0.15) is 0 Å². The highest BCUT2D eigenvalue weighted by Crippen LogP contribution is 2.40. The van der Waals surface area contributed by atoms with Crippen LogP contribution in [0, 0.1) is 0 Å². The van der Waals surface area contributed by atoms with Crippen LogP contribution in [0.15, 0.2) is 54.1 Å². The van der Waals surface area contributed by atoms with E-state index in [0.717, 1.165) is 19.5 Å². The standard InChI is InChI=1S/C28H34N2O6/c1-3-16-36-22-10-8-20(9-11-22)26(31)24-25(21-6-5-7-23(19-21)35-4-2)30(28(33)27(24)32)13-12-29-14-17-34-18-15-29/h5-11,19,25,31H,3-4,12-18H2,1-2H3/b26-24+. The number of aliphatic hydroxyl groups is 1. The molecule has 2 saturated heterocycles. The van der Waals surface area contributed by atoms with Crippen LogP contribution in [0.5, 0.6) is 11.5 Å². The van der Waals surface area contributed by atoms with E-state index in [0.29, 0.717) is 62.1 Å². The fourth-order valence-electron chi connectivity index (χ4n) is 4.56. The van der Waals surface area contributed by atoms with Crippen LogP contribution in [0.3, 0.4) is 0 Å². The molecule has 0 saturated carbocycles. The number of morpholine rings is 1. The molecule has 1 amide bonds. The maximum Gasteiger partial charge on any atom is 0.295 e. The molecule has 8 nitrogen and oxygen atoms in total. The van der Waals surface area contributed by atoms with Crippen molar-refractivity contribution in [1.82, 2.24) is 9.80 Å². The van der Waals surface area contributed by atoms with Crippen LogP contribution in [0.1, 0.15) is 37.4 Å². The number of likely N-dealkylation sites (tertiary alicyclic amines) is 1. The summed E-state index contributed by atoms with van der Waals surface area (Å²) in [5.41, 5.74) is 1.25. The Balaban J connectivity index is 1.70. The lowest BCUT2D eigenvalue weighted by molar-refractivity contribution is -0.140. The number of carbonyl (C=O) groups is 2. The molecule has 0 spiro atoms. The minimum atomic E-state index is -0.720. The zero-order valence-electron chi connectivity index (χ0n) is 20.9. The van der Waals surface area contributed by atoms with E-state index in [1.54, 1.807) is 29.2 Å². The van der Waals surface area contributed by atoms with Gasteiger partial charge in [-0.15, -0.1) is 0 Å². The summed E-state index contributed by atoms with van der Waals surface area (Å²) in [4.78, 5) is 30.3. The predicted molar refractivity (Wildman–Crippen MR) is 136 cm³/mol. The van der Waals surface area contributed by atoms with E-state index in [2.05, 4.69) is 4.90 Å². The van der Waals surface area contributed by atoms with E-state index < -0.39 is 17.7 Å². The molecule has 36 heavy (non-hydrogen) atoms. The maximum atomic E-state index is 13.3. The third-order valence-electron chi connectivity index (χ3n) is 6.39. The molecule has 0 radical (unpaired) electrons. The van der Waals surface area contributed by atoms with Gasteiger partial charge in [-0.25, -0.2) is 0 Å². The quantitative estimate of drug-likeness (QED) is 0.307. The van der Waals surface area contributed by atoms with Crippen molar-refractivity contribution in [3.8, 4) is 11.5 Å². The molecule has 0 aromatic heterocycles. The zero-order valence-corrected chi connectivity index (χ0v) is 20.9. The van der Waals surface area contributed by atoms with Crippen LogP contribution in [0.4, 0.5) is 0 Å². The molecule has 2 aromatic carbocycles. The first-order chi connectivity index (χ1) is 17.5. The zero-order chi connectivity index (χ0) is 25.5. The van der Waals surface area contributed by atoms with Gasteiger partial charge in [0.05, 0.1) is 38.0 Å². The number of benzene rings is 2. The SMILES string of the molecule is CCCOc1ccc(/C(O)=C2\C(=O)C(=O)N(CCN3CCOCC3)C2c2cccc(OCC)c2)cc1. The number of Topliss-reactive ketones (excluding diaryl/α,β-unsaturated/α-hetero) is 1. The second kappa shape index (κ2) is 12.1. The summed E-state index contributed by atoms with van der Waals surface area (Å²) in [6, 6.07) is 13.6. The van der Waals surface area contributed by atoms with Gasteiger partial charge in [-0.1, -0.05) is 19.1 Å². The third-order valence-corrected chi connectivity index (χ3v) is 6.39. The topological polar surface area (TPSA) is 88.5 Å². The predicted octanol–water partition coefficient (Wildman–Crippen LogP) is 3.63. The van der Waals surface area contributed by atoms with Gasteiger partial charge in [0.15, 0.2) is 0 Å². The van der Waals surface area contributed by atoms with Crippen LogP contribution in [-0.2, 0) is 14.3 Å². The van der Waals surface area contributed by atoms with Crippen molar-refractivity contribution in [3.63, 3.8) is 0 Å². The Labute approximate surface area is 212 Å². The van der Waals surface area contributed by atoms with E-state index in [-0.39, 0.29) is 11.3 Å². The molecule has 0 aliphatic carbocycles. The molecular formula is C28H34N2O6. The van der Waals surface area contributed by atoms with E-state index in [1.807, 2.05) is 38.1 Å². The molecule has 2 heterocycles. The molecule has 2 aliphatic rings. The number of ether oxygens (including phenoxy) is 3. The monoisotopic (exact) mass is 494 g/mol. The van der Waals surface area contributed by atoms with E-state index in [9.17, 15) is 14.7 Å². The van der Waals surface area contributed by atoms with Gasteiger partial charge in [0, 0.05) is 31.7 Å². The van der Waals surface area contributed by atoms with Gasteiger partial charge in [0.25, 0.3) is 11.7 Å². The molecular weight excluding hydrogens is 460 g/mol. The second-order valence-corrected chi connectivity index (χ2v) is 8.82. The Kier molecular flexibility index (Phi) is 8.61. The van der Waals surface area contributed by atoms with Crippen molar-refractivity contribution >= 4 is 17.4 Å².